The summed E-state index contributed by atoms with van der Waals surface area (Å²) in [4.78, 5) is 30.7. The van der Waals surface area contributed by atoms with Gasteiger partial charge in [-0.3, -0.25) is 14.7 Å². The van der Waals surface area contributed by atoms with E-state index in [1.54, 1.807) is 4.52 Å². The lowest BCUT2D eigenvalue weighted by Crippen LogP contribution is -2.34. The Balaban J connectivity index is 1.58. The Hall–Kier alpha value is -2.15. The van der Waals surface area contributed by atoms with Gasteiger partial charge in [0.15, 0.2) is 5.65 Å². The summed E-state index contributed by atoms with van der Waals surface area (Å²) in [5, 5.41) is 2.73. The maximum atomic E-state index is 12.8. The first-order valence-corrected chi connectivity index (χ1v) is 8.55. The maximum Gasteiger partial charge on any atom is 0.266 e. The third kappa shape index (κ3) is 2.34. The second kappa shape index (κ2) is 5.44. The molecule has 2 aliphatic rings. The quantitative estimate of drug-likeness (QED) is 0.832. The summed E-state index contributed by atoms with van der Waals surface area (Å²) in [6.07, 6.45) is 2.53. The summed E-state index contributed by atoms with van der Waals surface area (Å²) in [6, 6.07) is 1.70. The Morgan fingerprint density at radius 2 is 2.17 bits per heavy atom. The fourth-order valence-electron chi connectivity index (χ4n) is 4.39. The molecule has 0 bridgehead atoms. The summed E-state index contributed by atoms with van der Waals surface area (Å²) in [6.45, 7) is 5.40. The Morgan fingerprint density at radius 1 is 1.38 bits per heavy atom. The highest BCUT2D eigenvalue weighted by Crippen LogP contribution is 2.37. The van der Waals surface area contributed by atoms with Crippen molar-refractivity contribution in [3.05, 3.63) is 33.4 Å². The van der Waals surface area contributed by atoms with Crippen LogP contribution >= 0.6 is 0 Å². The van der Waals surface area contributed by atoms with Crippen LogP contribution in [0.25, 0.3) is 5.65 Å². The summed E-state index contributed by atoms with van der Waals surface area (Å²) < 4.78 is 1.66. The number of nitrogens with one attached hydrogen (secondary N) is 1. The van der Waals surface area contributed by atoms with Crippen molar-refractivity contribution >= 4 is 11.6 Å². The molecule has 0 radical (unpaired) electrons. The van der Waals surface area contributed by atoms with E-state index in [0.29, 0.717) is 23.9 Å². The van der Waals surface area contributed by atoms with Crippen LogP contribution in [0.4, 0.5) is 0 Å². The van der Waals surface area contributed by atoms with Gasteiger partial charge in [0.25, 0.3) is 5.56 Å². The molecular weight excluding hydrogens is 306 g/mol. The third-order valence-electron chi connectivity index (χ3n) is 5.80. The van der Waals surface area contributed by atoms with Crippen LogP contribution in [0.15, 0.2) is 10.9 Å². The van der Waals surface area contributed by atoms with E-state index < -0.39 is 0 Å². The van der Waals surface area contributed by atoms with Crippen molar-refractivity contribution in [2.45, 2.75) is 39.2 Å². The lowest BCUT2D eigenvalue weighted by molar-refractivity contribution is -0.129. The number of hydrogen-bond acceptors (Lipinski definition) is 4. The van der Waals surface area contributed by atoms with E-state index in [9.17, 15) is 9.59 Å². The van der Waals surface area contributed by atoms with Crippen LogP contribution in [0.3, 0.4) is 0 Å². The first-order valence-electron chi connectivity index (χ1n) is 8.55. The monoisotopic (exact) mass is 329 g/mol. The van der Waals surface area contributed by atoms with Gasteiger partial charge in [-0.25, -0.2) is 9.50 Å². The third-order valence-corrected chi connectivity index (χ3v) is 5.80. The zero-order valence-electron chi connectivity index (χ0n) is 14.1. The molecule has 128 valence electrons. The molecule has 1 aliphatic heterocycles. The van der Waals surface area contributed by atoms with Crippen LogP contribution in [0, 0.1) is 25.7 Å². The number of nitrogens with zero attached hydrogens (tertiary/aromatic N) is 3. The van der Waals surface area contributed by atoms with E-state index in [2.05, 4.69) is 10.1 Å². The lowest BCUT2D eigenvalue weighted by Gasteiger charge is -2.20. The molecule has 1 amide bonds. The number of aromatic nitrogens is 3. The number of likely N-dealkylation sites (tertiary alicyclic amines) is 1. The Kier molecular flexibility index (Phi) is 3.49. The molecule has 1 aliphatic carbocycles. The van der Waals surface area contributed by atoms with Crippen molar-refractivity contribution in [3.8, 4) is 0 Å². The molecule has 24 heavy (non-hydrogen) atoms. The molecule has 3 atom stereocenters. The lowest BCUT2D eigenvalue weighted by atomic mass is 9.98. The average molecular weight is 329 g/mol. The fraction of sp³-hybridized carbons (Fsp3) is 0.588. The van der Waals surface area contributed by atoms with Gasteiger partial charge in [0, 0.05) is 42.1 Å². The highest BCUT2D eigenvalue weighted by atomic mass is 16.2. The van der Waals surface area contributed by atoms with Gasteiger partial charge in [0.1, 0.15) is 0 Å². The van der Waals surface area contributed by atoms with Crippen LogP contribution in [-0.4, -0.2) is 44.5 Å². The van der Waals surface area contributed by atoms with Crippen molar-refractivity contribution in [1.29, 1.82) is 0 Å². The zero-order valence-corrected chi connectivity index (χ0v) is 14.1. The predicted octanol–water partition coefficient (Wildman–Crippen LogP) is 0.378. The molecule has 7 nitrogen and oxygen atoms in total. The van der Waals surface area contributed by atoms with Crippen LogP contribution in [0.1, 0.15) is 29.8 Å². The van der Waals surface area contributed by atoms with Crippen LogP contribution in [-0.2, 0) is 11.2 Å². The van der Waals surface area contributed by atoms with Gasteiger partial charge in [-0.1, -0.05) is 0 Å². The Morgan fingerprint density at radius 3 is 2.92 bits per heavy atom. The van der Waals surface area contributed by atoms with Gasteiger partial charge in [-0.2, -0.15) is 0 Å². The van der Waals surface area contributed by atoms with Crippen molar-refractivity contribution in [2.75, 3.05) is 13.1 Å². The number of fused-ring (bicyclic) bond motifs is 2. The zero-order chi connectivity index (χ0) is 17.0. The number of H-pyrrole nitrogens is 1. The highest BCUT2D eigenvalue weighted by Gasteiger charge is 2.42. The summed E-state index contributed by atoms with van der Waals surface area (Å²) in [5.41, 5.74) is 9.12. The van der Waals surface area contributed by atoms with Crippen molar-refractivity contribution in [3.63, 3.8) is 0 Å². The SMILES string of the molecule is Cc1nc2cc(=O)[nH]n2c(C)c1CC(=O)N1CC2CCC(N)C2C1. The Bertz CT molecular complexity index is 868. The number of hydrogen-bond donors (Lipinski definition) is 2. The van der Waals surface area contributed by atoms with E-state index in [0.717, 1.165) is 42.9 Å². The van der Waals surface area contributed by atoms with E-state index >= 15 is 0 Å². The number of carbonyl (C=O) groups is 1. The van der Waals surface area contributed by atoms with Crippen molar-refractivity contribution in [2.24, 2.45) is 17.6 Å². The molecule has 0 spiro atoms. The number of nitrogens with two attached hydrogens (primary N) is 1. The molecule has 3 N–H and O–H groups in total. The smallest absolute Gasteiger partial charge is 0.266 e. The first kappa shape index (κ1) is 15.4. The molecule has 2 fully saturated rings. The molecule has 4 rings (SSSR count). The van der Waals surface area contributed by atoms with Gasteiger partial charge < -0.3 is 10.6 Å². The predicted molar refractivity (Wildman–Crippen MR) is 89.8 cm³/mol. The minimum atomic E-state index is -0.185. The normalized spacial score (nSPS) is 26.3. The van der Waals surface area contributed by atoms with Gasteiger partial charge in [0.2, 0.25) is 5.91 Å². The molecule has 2 aromatic rings. The number of carbonyl (C=O) groups excluding carboxylic acids is 1. The largest absolute Gasteiger partial charge is 0.342 e. The van der Waals surface area contributed by atoms with Crippen molar-refractivity contribution < 1.29 is 4.79 Å². The summed E-state index contributed by atoms with van der Waals surface area (Å²) in [5.74, 6) is 1.14. The second-order valence-corrected chi connectivity index (χ2v) is 7.22. The number of amides is 1. The molecule has 2 aromatic heterocycles. The minimum absolute atomic E-state index is 0.124. The van der Waals surface area contributed by atoms with Crippen LogP contribution in [0.5, 0.6) is 0 Å². The number of rotatable bonds is 2. The number of aromatic amines is 1. The van der Waals surface area contributed by atoms with Crippen LogP contribution in [0.2, 0.25) is 0 Å². The summed E-state index contributed by atoms with van der Waals surface area (Å²) >= 11 is 0. The highest BCUT2D eigenvalue weighted by molar-refractivity contribution is 5.79. The van der Waals surface area contributed by atoms with Gasteiger partial charge in [0.05, 0.1) is 6.42 Å². The molecule has 7 heteroatoms. The van der Waals surface area contributed by atoms with Gasteiger partial charge in [-0.05, 0) is 38.5 Å². The molecule has 3 heterocycles. The van der Waals surface area contributed by atoms with E-state index in [1.807, 2.05) is 18.7 Å². The van der Waals surface area contributed by atoms with E-state index in [1.165, 1.54) is 6.07 Å². The molecular formula is C17H23N5O2. The molecule has 1 saturated carbocycles. The average Bonchev–Trinajstić information content (AvgIpc) is 3.19. The Labute approximate surface area is 139 Å². The molecule has 1 saturated heterocycles. The van der Waals surface area contributed by atoms with Gasteiger partial charge >= 0.3 is 0 Å². The van der Waals surface area contributed by atoms with Crippen molar-refractivity contribution in [1.82, 2.24) is 19.5 Å². The molecule has 3 unspecified atom stereocenters. The van der Waals surface area contributed by atoms with E-state index in [-0.39, 0.29) is 17.5 Å². The maximum absolute atomic E-state index is 12.8. The topological polar surface area (TPSA) is 96.5 Å². The number of aryl methyl sites for hydroxylation is 2. The van der Waals surface area contributed by atoms with E-state index in [4.69, 9.17) is 5.73 Å². The first-order chi connectivity index (χ1) is 11.4. The second-order valence-electron chi connectivity index (χ2n) is 7.22. The fourth-order valence-corrected chi connectivity index (χ4v) is 4.39. The molecule has 0 aromatic carbocycles. The minimum Gasteiger partial charge on any atom is -0.342 e. The standard InChI is InChI=1S/C17H23N5O2/c1-9-12(10(2)22-15(19-9)6-16(23)20-22)5-17(24)21-7-11-3-4-14(18)13(11)8-21/h6,11,13-14H,3-5,7-8,18H2,1-2H3,(H,20,23). The van der Waals surface area contributed by atoms with Gasteiger partial charge in [-0.15, -0.1) is 0 Å². The van der Waals surface area contributed by atoms with Crippen LogP contribution < -0.4 is 11.3 Å². The summed E-state index contributed by atoms with van der Waals surface area (Å²) in [7, 11) is 0.